The van der Waals surface area contributed by atoms with Crippen molar-refractivity contribution >= 4 is 11.6 Å². The third kappa shape index (κ3) is 5.83. The fourth-order valence-corrected chi connectivity index (χ4v) is 4.94. The number of benzene rings is 3. The Labute approximate surface area is 219 Å². The Morgan fingerprint density at radius 1 is 0.811 bits per heavy atom. The van der Waals surface area contributed by atoms with Crippen molar-refractivity contribution in [3.05, 3.63) is 77.4 Å². The van der Waals surface area contributed by atoms with Gasteiger partial charge in [0.1, 0.15) is 5.75 Å². The van der Waals surface area contributed by atoms with Crippen molar-refractivity contribution in [1.29, 1.82) is 0 Å². The summed E-state index contributed by atoms with van der Waals surface area (Å²) in [5.74, 6) is 2.73. The minimum absolute atomic E-state index is 0.0187. The zero-order valence-corrected chi connectivity index (χ0v) is 22.3. The molecule has 1 aliphatic heterocycles. The number of hydrogen-bond acceptors (Lipinski definition) is 6. The van der Waals surface area contributed by atoms with Gasteiger partial charge in [-0.3, -0.25) is 9.69 Å². The highest BCUT2D eigenvalue weighted by Gasteiger charge is 2.30. The van der Waals surface area contributed by atoms with Crippen LogP contribution in [0, 0.1) is 6.92 Å². The summed E-state index contributed by atoms with van der Waals surface area (Å²) in [6.45, 7) is 4.47. The first-order valence-corrected chi connectivity index (χ1v) is 12.5. The van der Waals surface area contributed by atoms with Crippen LogP contribution in [0.3, 0.4) is 0 Å². The van der Waals surface area contributed by atoms with E-state index in [0.717, 1.165) is 55.0 Å². The lowest BCUT2D eigenvalue weighted by molar-refractivity contribution is 0.0958. The van der Waals surface area contributed by atoms with Crippen molar-refractivity contribution in [3.63, 3.8) is 0 Å². The summed E-state index contributed by atoms with van der Waals surface area (Å²) in [7, 11) is 6.53. The van der Waals surface area contributed by atoms with Gasteiger partial charge in [-0.15, -0.1) is 0 Å². The molecular formula is C30H36N2O5. The number of carbonyl (C=O) groups is 1. The number of carbonyl (C=O) groups excluding carboxylic acids is 1. The standard InChI is InChI=1S/C30H36N2O5/c1-21-6-8-22(9-7-21)30(33)32(24-11-13-26(34-2)14-12-24)25-16-18-31(19-17-25)20-23-10-15-27(35-3)29(37-5)28(23)36-4/h6-15,25H,16-20H2,1-5H3. The molecule has 0 aliphatic carbocycles. The lowest BCUT2D eigenvalue weighted by atomic mass is 9.99. The molecule has 1 heterocycles. The number of aryl methyl sites for hydroxylation is 1. The van der Waals surface area contributed by atoms with Crippen molar-refractivity contribution < 1.29 is 23.7 Å². The number of anilines is 1. The van der Waals surface area contributed by atoms with Gasteiger partial charge in [0.2, 0.25) is 5.75 Å². The molecule has 1 fully saturated rings. The van der Waals surface area contributed by atoms with E-state index in [1.807, 2.05) is 72.5 Å². The van der Waals surface area contributed by atoms with Crippen molar-refractivity contribution in [2.24, 2.45) is 0 Å². The molecule has 1 aliphatic rings. The summed E-state index contributed by atoms with van der Waals surface area (Å²) in [6.07, 6.45) is 1.72. The van der Waals surface area contributed by atoms with E-state index in [1.54, 1.807) is 28.4 Å². The number of rotatable bonds is 9. The Bertz CT molecular complexity index is 1190. The molecule has 0 N–H and O–H groups in total. The maximum Gasteiger partial charge on any atom is 0.258 e. The van der Waals surface area contributed by atoms with Crippen molar-refractivity contribution in [3.8, 4) is 23.0 Å². The van der Waals surface area contributed by atoms with Gasteiger partial charge in [-0.1, -0.05) is 23.8 Å². The number of nitrogens with zero attached hydrogens (tertiary/aromatic N) is 2. The van der Waals surface area contributed by atoms with Gasteiger partial charge in [0, 0.05) is 42.5 Å². The summed E-state index contributed by atoms with van der Waals surface area (Å²) in [5.41, 5.74) is 3.75. The Morgan fingerprint density at radius 2 is 1.46 bits per heavy atom. The molecule has 0 bridgehead atoms. The SMILES string of the molecule is COc1ccc(N(C(=O)c2ccc(C)cc2)C2CCN(Cc3ccc(OC)c(OC)c3OC)CC2)cc1. The van der Waals surface area contributed by atoms with Gasteiger partial charge in [-0.25, -0.2) is 0 Å². The number of amides is 1. The van der Waals surface area contributed by atoms with Gasteiger partial charge in [0.25, 0.3) is 5.91 Å². The summed E-state index contributed by atoms with van der Waals surface area (Å²) in [4.78, 5) is 18.1. The van der Waals surface area contributed by atoms with E-state index in [-0.39, 0.29) is 11.9 Å². The van der Waals surface area contributed by atoms with Crippen LogP contribution in [-0.2, 0) is 6.54 Å². The molecule has 3 aromatic carbocycles. The fourth-order valence-electron chi connectivity index (χ4n) is 4.94. The van der Waals surface area contributed by atoms with E-state index in [4.69, 9.17) is 18.9 Å². The number of methoxy groups -OCH3 is 4. The second kappa shape index (κ2) is 12.0. The first-order valence-electron chi connectivity index (χ1n) is 12.5. The van der Waals surface area contributed by atoms with Gasteiger partial charge in [0.05, 0.1) is 28.4 Å². The normalized spacial score (nSPS) is 14.2. The van der Waals surface area contributed by atoms with E-state index >= 15 is 0 Å². The van der Waals surface area contributed by atoms with Crippen LogP contribution in [-0.4, -0.2) is 58.4 Å². The molecule has 0 unspecified atom stereocenters. The van der Waals surface area contributed by atoms with E-state index < -0.39 is 0 Å². The Balaban J connectivity index is 1.53. The predicted octanol–water partition coefficient (Wildman–Crippen LogP) is 5.34. The van der Waals surface area contributed by atoms with Crippen LogP contribution in [0.15, 0.2) is 60.7 Å². The van der Waals surface area contributed by atoms with E-state index in [1.165, 1.54) is 0 Å². The third-order valence-corrected chi connectivity index (χ3v) is 6.97. The summed E-state index contributed by atoms with van der Waals surface area (Å²) in [6, 6.07) is 19.6. The molecule has 37 heavy (non-hydrogen) atoms. The van der Waals surface area contributed by atoms with Crippen LogP contribution < -0.4 is 23.8 Å². The number of hydrogen-bond donors (Lipinski definition) is 0. The van der Waals surface area contributed by atoms with Gasteiger partial charge < -0.3 is 23.8 Å². The second-order valence-corrected chi connectivity index (χ2v) is 9.24. The molecule has 0 saturated carbocycles. The minimum Gasteiger partial charge on any atom is -0.497 e. The van der Waals surface area contributed by atoms with Crippen molar-refractivity contribution in [2.45, 2.75) is 32.4 Å². The second-order valence-electron chi connectivity index (χ2n) is 9.24. The molecular weight excluding hydrogens is 468 g/mol. The Morgan fingerprint density at radius 3 is 2.03 bits per heavy atom. The first kappa shape index (κ1) is 26.4. The average molecular weight is 505 g/mol. The zero-order chi connectivity index (χ0) is 26.4. The molecule has 1 saturated heterocycles. The first-order chi connectivity index (χ1) is 18.0. The molecule has 0 aromatic heterocycles. The highest BCUT2D eigenvalue weighted by molar-refractivity contribution is 6.06. The quantitative estimate of drug-likeness (QED) is 0.392. The zero-order valence-electron chi connectivity index (χ0n) is 22.3. The molecule has 196 valence electrons. The highest BCUT2D eigenvalue weighted by Crippen LogP contribution is 2.40. The topological polar surface area (TPSA) is 60.5 Å². The molecule has 3 aromatic rings. The Kier molecular flexibility index (Phi) is 8.56. The summed E-state index contributed by atoms with van der Waals surface area (Å²) >= 11 is 0. The van der Waals surface area contributed by atoms with Gasteiger partial charge >= 0.3 is 0 Å². The molecule has 4 rings (SSSR count). The number of piperidine rings is 1. The lowest BCUT2D eigenvalue weighted by Gasteiger charge is -2.39. The van der Waals surface area contributed by atoms with Gasteiger partial charge in [-0.05, 0) is 62.2 Å². The van der Waals surface area contributed by atoms with Gasteiger partial charge in [-0.2, -0.15) is 0 Å². The van der Waals surface area contributed by atoms with Crippen molar-refractivity contribution in [2.75, 3.05) is 46.4 Å². The van der Waals surface area contributed by atoms with Crippen LogP contribution in [0.25, 0.3) is 0 Å². The van der Waals surface area contributed by atoms with Crippen LogP contribution in [0.5, 0.6) is 23.0 Å². The average Bonchev–Trinajstić information content (AvgIpc) is 2.94. The lowest BCUT2D eigenvalue weighted by Crippen LogP contribution is -2.47. The van der Waals surface area contributed by atoms with Crippen molar-refractivity contribution in [1.82, 2.24) is 4.90 Å². The predicted molar refractivity (Wildman–Crippen MR) is 145 cm³/mol. The van der Waals surface area contributed by atoms with Crippen LogP contribution in [0.4, 0.5) is 5.69 Å². The van der Waals surface area contributed by atoms with Crippen LogP contribution >= 0.6 is 0 Å². The van der Waals surface area contributed by atoms with E-state index in [2.05, 4.69) is 4.90 Å². The number of ether oxygens (including phenoxy) is 4. The van der Waals surface area contributed by atoms with Crippen LogP contribution in [0.2, 0.25) is 0 Å². The monoisotopic (exact) mass is 504 g/mol. The fraction of sp³-hybridized carbons (Fsp3) is 0.367. The molecule has 0 atom stereocenters. The summed E-state index contributed by atoms with van der Waals surface area (Å²) < 4.78 is 22.0. The summed E-state index contributed by atoms with van der Waals surface area (Å²) in [5, 5.41) is 0. The van der Waals surface area contributed by atoms with Crippen LogP contribution in [0.1, 0.15) is 34.3 Å². The Hall–Kier alpha value is -3.71. The third-order valence-electron chi connectivity index (χ3n) is 6.97. The van der Waals surface area contributed by atoms with E-state index in [9.17, 15) is 4.79 Å². The molecule has 7 nitrogen and oxygen atoms in total. The highest BCUT2D eigenvalue weighted by atomic mass is 16.5. The van der Waals surface area contributed by atoms with Gasteiger partial charge in [0.15, 0.2) is 11.5 Å². The molecule has 7 heteroatoms. The molecule has 0 spiro atoms. The minimum atomic E-state index is 0.0187. The molecule has 1 amide bonds. The smallest absolute Gasteiger partial charge is 0.258 e. The maximum atomic E-state index is 13.7. The van der Waals surface area contributed by atoms with E-state index in [0.29, 0.717) is 22.8 Å². The maximum absolute atomic E-state index is 13.7. The largest absolute Gasteiger partial charge is 0.497 e. The molecule has 0 radical (unpaired) electrons. The number of likely N-dealkylation sites (tertiary alicyclic amines) is 1.